The number of nitrogens with one attached hydrogen (secondary N) is 2. The molecule has 9 nitrogen and oxygen atoms in total. The quantitative estimate of drug-likeness (QED) is 0.431. The fourth-order valence-corrected chi connectivity index (χ4v) is 2.73. The van der Waals surface area contributed by atoms with Gasteiger partial charge in [-0.25, -0.2) is 9.66 Å². The third-order valence-corrected chi connectivity index (χ3v) is 4.34. The van der Waals surface area contributed by atoms with E-state index in [0.717, 1.165) is 10.2 Å². The number of nitrogen functional groups attached to an aromatic ring is 1. The van der Waals surface area contributed by atoms with Gasteiger partial charge in [-0.15, -0.1) is 10.2 Å². The van der Waals surface area contributed by atoms with Crippen LogP contribution >= 0.6 is 27.7 Å². The van der Waals surface area contributed by atoms with Gasteiger partial charge in [-0.1, -0.05) is 11.8 Å². The number of thioether (sulfide) groups is 1. The van der Waals surface area contributed by atoms with Crippen molar-refractivity contribution in [1.29, 1.82) is 0 Å². The highest BCUT2D eigenvalue weighted by molar-refractivity contribution is 9.10. The number of hydrogen-bond donors (Lipinski definition) is 3. The van der Waals surface area contributed by atoms with E-state index >= 15 is 0 Å². The molecule has 0 saturated carbocycles. The molecule has 3 rings (SSSR count). The lowest BCUT2D eigenvalue weighted by atomic mass is 10.3. The molecule has 3 aromatic heterocycles. The average Bonchev–Trinajstić information content (AvgIpc) is 3.13. The number of hydrogen-bond acceptors (Lipinski definition) is 7. The van der Waals surface area contributed by atoms with E-state index in [1.54, 1.807) is 18.3 Å². The topological polar surface area (TPSA) is 127 Å². The highest BCUT2D eigenvalue weighted by Gasteiger charge is 2.15. The summed E-state index contributed by atoms with van der Waals surface area (Å²) in [6.45, 7) is 1.88. The Hall–Kier alpha value is -2.40. The number of anilines is 1. The van der Waals surface area contributed by atoms with Crippen molar-refractivity contribution in [2.45, 2.75) is 12.1 Å². The molecule has 0 saturated heterocycles. The molecule has 0 radical (unpaired) electrons. The number of aryl methyl sites for hydroxylation is 1. The number of H-pyrrole nitrogens is 1. The minimum atomic E-state index is -0.213. The van der Waals surface area contributed by atoms with E-state index < -0.39 is 0 Å². The van der Waals surface area contributed by atoms with E-state index in [0.29, 0.717) is 22.5 Å². The van der Waals surface area contributed by atoms with E-state index in [9.17, 15) is 4.79 Å². The summed E-state index contributed by atoms with van der Waals surface area (Å²) in [5.74, 6) is 6.79. The van der Waals surface area contributed by atoms with E-state index in [1.165, 1.54) is 16.4 Å². The first-order chi connectivity index (χ1) is 11.5. The number of pyridine rings is 1. The first kappa shape index (κ1) is 16.5. The van der Waals surface area contributed by atoms with Gasteiger partial charge in [0.05, 0.1) is 5.75 Å². The van der Waals surface area contributed by atoms with Gasteiger partial charge in [0, 0.05) is 16.4 Å². The minimum Gasteiger partial charge on any atom is -0.335 e. The molecule has 124 valence electrons. The molecule has 3 aromatic rings. The molecule has 3 heterocycles. The minimum absolute atomic E-state index is 0.132. The van der Waals surface area contributed by atoms with Crippen LogP contribution in [0.3, 0.4) is 0 Å². The first-order valence-electron chi connectivity index (χ1n) is 6.80. The Morgan fingerprint density at radius 2 is 2.29 bits per heavy atom. The van der Waals surface area contributed by atoms with Gasteiger partial charge in [0.15, 0.2) is 0 Å². The summed E-state index contributed by atoms with van der Waals surface area (Å²) in [6, 6.07) is 5.31. The molecule has 0 atom stereocenters. The summed E-state index contributed by atoms with van der Waals surface area (Å²) in [4.78, 5) is 16.0. The zero-order valence-electron chi connectivity index (χ0n) is 12.5. The number of aromatic nitrogens is 6. The number of carbonyl (C=O) groups is 1. The zero-order valence-corrected chi connectivity index (χ0v) is 14.9. The van der Waals surface area contributed by atoms with Crippen molar-refractivity contribution >= 4 is 39.4 Å². The molecular formula is C13H13BrN8OS. The lowest BCUT2D eigenvalue weighted by molar-refractivity contribution is -0.113. The van der Waals surface area contributed by atoms with E-state index in [1.807, 2.05) is 13.0 Å². The maximum absolute atomic E-state index is 12.0. The Labute approximate surface area is 149 Å². The summed E-state index contributed by atoms with van der Waals surface area (Å²) in [5.41, 5.74) is 1.49. The van der Waals surface area contributed by atoms with Crippen molar-refractivity contribution in [2.75, 3.05) is 16.9 Å². The number of amides is 1. The van der Waals surface area contributed by atoms with Crippen LogP contribution < -0.4 is 11.2 Å². The van der Waals surface area contributed by atoms with Gasteiger partial charge >= 0.3 is 0 Å². The lowest BCUT2D eigenvalue weighted by Crippen LogP contribution is -2.17. The molecular weight excluding hydrogens is 396 g/mol. The lowest BCUT2D eigenvalue weighted by Gasteiger charge is -2.04. The van der Waals surface area contributed by atoms with Gasteiger partial charge in [0.1, 0.15) is 11.5 Å². The van der Waals surface area contributed by atoms with Crippen LogP contribution in [0.15, 0.2) is 34.0 Å². The van der Waals surface area contributed by atoms with Gasteiger partial charge < -0.3 is 11.2 Å². The summed E-state index contributed by atoms with van der Waals surface area (Å²) in [7, 11) is 0. The van der Waals surface area contributed by atoms with Crippen molar-refractivity contribution in [3.05, 3.63) is 34.6 Å². The number of aromatic amines is 1. The Balaban J connectivity index is 1.61. The fraction of sp³-hybridized carbons (Fsp3) is 0.154. The maximum atomic E-state index is 12.0. The summed E-state index contributed by atoms with van der Waals surface area (Å²) >= 11 is 4.46. The van der Waals surface area contributed by atoms with Gasteiger partial charge in [-0.05, 0) is 41.1 Å². The molecule has 0 spiro atoms. The Bertz CT molecular complexity index is 859. The highest BCUT2D eigenvalue weighted by atomic mass is 79.9. The first-order valence-corrected chi connectivity index (χ1v) is 8.58. The largest absolute Gasteiger partial charge is 0.335 e. The van der Waals surface area contributed by atoms with Gasteiger partial charge in [-0.2, -0.15) is 5.10 Å². The molecule has 1 amide bonds. The van der Waals surface area contributed by atoms with Crippen LogP contribution in [0.5, 0.6) is 0 Å². The summed E-state index contributed by atoms with van der Waals surface area (Å²) in [5, 5.41) is 18.0. The molecule has 0 bridgehead atoms. The zero-order chi connectivity index (χ0) is 17.1. The van der Waals surface area contributed by atoms with Crippen molar-refractivity contribution in [3.63, 3.8) is 0 Å². The smallest absolute Gasteiger partial charge is 0.236 e. The predicted molar refractivity (Wildman–Crippen MR) is 93.8 cm³/mol. The molecule has 0 unspecified atom stereocenters. The van der Waals surface area contributed by atoms with E-state index in [2.05, 4.69) is 46.6 Å². The number of carbonyl (C=O) groups excluding carboxylic acids is 1. The Kier molecular flexibility index (Phi) is 4.81. The van der Waals surface area contributed by atoms with Crippen molar-refractivity contribution in [2.24, 2.45) is 0 Å². The van der Waals surface area contributed by atoms with Crippen molar-refractivity contribution < 1.29 is 4.79 Å². The third-order valence-electron chi connectivity index (χ3n) is 2.93. The fourth-order valence-electron chi connectivity index (χ4n) is 1.84. The molecule has 0 aliphatic rings. The molecule has 11 heteroatoms. The van der Waals surface area contributed by atoms with Crippen LogP contribution in [0.1, 0.15) is 5.69 Å². The number of nitrogens with two attached hydrogens (primary N) is 1. The van der Waals surface area contributed by atoms with Crippen LogP contribution in [0, 0.1) is 6.92 Å². The van der Waals surface area contributed by atoms with Crippen LogP contribution in [0.2, 0.25) is 0 Å². The Morgan fingerprint density at radius 1 is 1.46 bits per heavy atom. The van der Waals surface area contributed by atoms with Crippen LogP contribution in [-0.4, -0.2) is 41.7 Å². The molecule has 0 aliphatic heterocycles. The molecule has 24 heavy (non-hydrogen) atoms. The highest BCUT2D eigenvalue weighted by Crippen LogP contribution is 2.20. The predicted octanol–water partition coefficient (Wildman–Crippen LogP) is 1.58. The molecule has 4 N–H and O–H groups in total. The van der Waals surface area contributed by atoms with E-state index in [-0.39, 0.29) is 11.7 Å². The number of nitrogens with zero attached hydrogens (tertiary/aromatic N) is 5. The van der Waals surface area contributed by atoms with Crippen LogP contribution in [-0.2, 0) is 4.79 Å². The monoisotopic (exact) mass is 408 g/mol. The summed E-state index contributed by atoms with van der Waals surface area (Å²) < 4.78 is 2.15. The standard InChI is InChI=1S/C13H13BrN8OS/c1-7-4-9(19-18-7)12-20-21-13(22(12)15)24-6-11(23)17-10-3-2-8(14)5-16-10/h2-5H,6,15H2,1H3,(H,18,19)(H,16,17,23). The maximum Gasteiger partial charge on any atom is 0.236 e. The number of rotatable bonds is 5. The SMILES string of the molecule is Cc1cc(-c2nnc(SCC(=O)Nc3ccc(Br)cn3)n2N)n[nH]1. The van der Waals surface area contributed by atoms with Crippen molar-refractivity contribution in [1.82, 2.24) is 30.1 Å². The average molecular weight is 409 g/mol. The van der Waals surface area contributed by atoms with Crippen LogP contribution in [0.4, 0.5) is 5.82 Å². The Morgan fingerprint density at radius 3 is 2.96 bits per heavy atom. The second-order valence-corrected chi connectivity index (χ2v) is 6.67. The van der Waals surface area contributed by atoms with Crippen LogP contribution in [0.25, 0.3) is 11.5 Å². The normalized spacial score (nSPS) is 10.8. The second-order valence-electron chi connectivity index (χ2n) is 4.81. The summed E-state index contributed by atoms with van der Waals surface area (Å²) in [6.07, 6.45) is 1.61. The van der Waals surface area contributed by atoms with Gasteiger partial charge in [-0.3, -0.25) is 9.89 Å². The second kappa shape index (κ2) is 7.01. The third kappa shape index (κ3) is 3.74. The molecule has 0 aromatic carbocycles. The van der Waals surface area contributed by atoms with Gasteiger partial charge in [0.2, 0.25) is 16.9 Å². The van der Waals surface area contributed by atoms with Gasteiger partial charge in [0.25, 0.3) is 0 Å². The van der Waals surface area contributed by atoms with Crippen molar-refractivity contribution in [3.8, 4) is 11.5 Å². The number of halogens is 1. The molecule has 0 aliphatic carbocycles. The molecule has 0 fully saturated rings. The van der Waals surface area contributed by atoms with E-state index in [4.69, 9.17) is 5.84 Å².